The summed E-state index contributed by atoms with van der Waals surface area (Å²) < 4.78 is 31.6. The molecule has 1 amide bonds. The molecule has 0 aromatic heterocycles. The first kappa shape index (κ1) is 17.0. The minimum absolute atomic E-state index is 0.0168. The van der Waals surface area contributed by atoms with Gasteiger partial charge < -0.3 is 10.1 Å². The van der Waals surface area contributed by atoms with Gasteiger partial charge in [-0.3, -0.25) is 4.79 Å². The molecule has 0 heterocycles. The molecule has 20 heavy (non-hydrogen) atoms. The number of rotatable bonds is 6. The summed E-state index contributed by atoms with van der Waals surface area (Å²) in [6, 6.07) is 2.63. The molecule has 0 bridgehead atoms. The van der Waals surface area contributed by atoms with E-state index in [0.717, 1.165) is 0 Å². The van der Waals surface area contributed by atoms with E-state index < -0.39 is 10.0 Å². The Hall–Kier alpha value is -1.02. The molecular formula is C11H14Cl2N2O4S. The third kappa shape index (κ3) is 4.52. The number of halogens is 2. The van der Waals surface area contributed by atoms with Crippen LogP contribution in [0.5, 0.6) is 5.75 Å². The van der Waals surface area contributed by atoms with Gasteiger partial charge in [0.1, 0.15) is 4.90 Å². The van der Waals surface area contributed by atoms with Crippen LogP contribution in [0.2, 0.25) is 10.0 Å². The second-order valence-electron chi connectivity index (χ2n) is 3.80. The quantitative estimate of drug-likeness (QED) is 0.767. The Morgan fingerprint density at radius 2 is 1.95 bits per heavy atom. The summed E-state index contributed by atoms with van der Waals surface area (Å²) in [6.45, 7) is 1.55. The van der Waals surface area contributed by atoms with E-state index in [1.807, 2.05) is 0 Å². The van der Waals surface area contributed by atoms with Crippen LogP contribution < -0.4 is 14.8 Å². The third-order valence-electron chi connectivity index (χ3n) is 2.26. The molecule has 0 saturated carbocycles. The van der Waals surface area contributed by atoms with Gasteiger partial charge >= 0.3 is 0 Å². The Bertz CT molecular complexity index is 605. The molecule has 1 aromatic carbocycles. The van der Waals surface area contributed by atoms with Crippen molar-refractivity contribution in [3.8, 4) is 5.75 Å². The number of nitrogens with one attached hydrogen (secondary N) is 2. The zero-order valence-electron chi connectivity index (χ0n) is 10.9. The van der Waals surface area contributed by atoms with Gasteiger partial charge in [0.25, 0.3) is 0 Å². The topological polar surface area (TPSA) is 84.5 Å². The van der Waals surface area contributed by atoms with Crippen molar-refractivity contribution in [1.82, 2.24) is 10.0 Å². The molecule has 0 aliphatic carbocycles. The lowest BCUT2D eigenvalue weighted by atomic mass is 10.3. The van der Waals surface area contributed by atoms with Crippen molar-refractivity contribution in [3.63, 3.8) is 0 Å². The monoisotopic (exact) mass is 340 g/mol. The predicted octanol–water partition coefficient (Wildman–Crippen LogP) is 1.42. The Morgan fingerprint density at radius 1 is 1.30 bits per heavy atom. The lowest BCUT2D eigenvalue weighted by molar-refractivity contribution is -0.118. The van der Waals surface area contributed by atoms with Crippen molar-refractivity contribution in [2.75, 3.05) is 20.2 Å². The van der Waals surface area contributed by atoms with Gasteiger partial charge in [-0.2, -0.15) is 0 Å². The van der Waals surface area contributed by atoms with Crippen molar-refractivity contribution in [3.05, 3.63) is 22.2 Å². The Kier molecular flexibility index (Phi) is 6.07. The number of hydrogen-bond donors (Lipinski definition) is 2. The van der Waals surface area contributed by atoms with E-state index in [9.17, 15) is 13.2 Å². The Morgan fingerprint density at radius 3 is 2.50 bits per heavy atom. The van der Waals surface area contributed by atoms with Gasteiger partial charge in [-0.05, 0) is 12.1 Å². The van der Waals surface area contributed by atoms with Crippen molar-refractivity contribution in [1.29, 1.82) is 0 Å². The largest absolute Gasteiger partial charge is 0.494 e. The fourth-order valence-corrected chi connectivity index (χ4v) is 3.37. The summed E-state index contributed by atoms with van der Waals surface area (Å²) in [4.78, 5) is 10.5. The summed E-state index contributed by atoms with van der Waals surface area (Å²) in [5.41, 5.74) is 0. The van der Waals surface area contributed by atoms with Crippen LogP contribution in [0.25, 0.3) is 0 Å². The first-order valence-electron chi connectivity index (χ1n) is 5.55. The van der Waals surface area contributed by atoms with Crippen molar-refractivity contribution >= 4 is 39.1 Å². The lowest BCUT2D eigenvalue weighted by Gasteiger charge is -2.12. The number of carbonyl (C=O) groups is 1. The fraction of sp³-hybridized carbons (Fsp3) is 0.364. The summed E-state index contributed by atoms with van der Waals surface area (Å²) in [5.74, 6) is -0.226. The number of hydrogen-bond acceptors (Lipinski definition) is 4. The number of ether oxygens (including phenoxy) is 1. The molecule has 9 heteroatoms. The molecule has 1 rings (SSSR count). The highest BCUT2D eigenvalue weighted by molar-refractivity contribution is 7.89. The highest BCUT2D eigenvalue weighted by Crippen LogP contribution is 2.34. The lowest BCUT2D eigenvalue weighted by Crippen LogP contribution is -2.33. The molecule has 0 saturated heterocycles. The summed E-state index contributed by atoms with van der Waals surface area (Å²) in [7, 11) is -2.53. The fourth-order valence-electron chi connectivity index (χ4n) is 1.44. The van der Waals surface area contributed by atoms with Gasteiger partial charge in [0.05, 0.1) is 12.1 Å². The van der Waals surface area contributed by atoms with Crippen LogP contribution in [0.4, 0.5) is 0 Å². The zero-order valence-corrected chi connectivity index (χ0v) is 13.2. The van der Waals surface area contributed by atoms with E-state index in [1.165, 1.54) is 26.2 Å². The molecule has 0 spiro atoms. The molecule has 0 atom stereocenters. The SMILES string of the molecule is COc1c(Cl)cc(Cl)cc1S(=O)(=O)NCCNC(C)=O. The minimum atomic E-state index is -3.84. The van der Waals surface area contributed by atoms with Crippen molar-refractivity contribution < 1.29 is 17.9 Å². The van der Waals surface area contributed by atoms with Gasteiger partial charge in [-0.15, -0.1) is 0 Å². The zero-order chi connectivity index (χ0) is 15.3. The van der Waals surface area contributed by atoms with E-state index in [0.29, 0.717) is 0 Å². The van der Waals surface area contributed by atoms with Crippen molar-refractivity contribution in [2.45, 2.75) is 11.8 Å². The second-order valence-corrected chi connectivity index (χ2v) is 6.38. The highest BCUT2D eigenvalue weighted by Gasteiger charge is 2.22. The standard InChI is InChI=1S/C11H14Cl2N2O4S/c1-7(16)14-3-4-15-20(17,18)10-6-8(12)5-9(13)11(10)19-2/h5-6,15H,3-4H2,1-2H3,(H,14,16). The van der Waals surface area contributed by atoms with Crippen LogP contribution in [0, 0.1) is 0 Å². The van der Waals surface area contributed by atoms with E-state index >= 15 is 0 Å². The molecule has 2 N–H and O–H groups in total. The average molecular weight is 341 g/mol. The van der Waals surface area contributed by atoms with E-state index in [4.69, 9.17) is 27.9 Å². The molecule has 6 nitrogen and oxygen atoms in total. The van der Waals surface area contributed by atoms with Crippen LogP contribution in [0.15, 0.2) is 17.0 Å². The summed E-state index contributed by atoms with van der Waals surface area (Å²) in [6.07, 6.45) is 0. The van der Waals surface area contributed by atoms with Gasteiger partial charge in [0.15, 0.2) is 5.75 Å². The molecule has 0 aliphatic heterocycles. The number of carbonyl (C=O) groups excluding carboxylic acids is 1. The maximum atomic E-state index is 12.1. The van der Waals surface area contributed by atoms with E-state index in [2.05, 4.69) is 10.0 Å². The van der Waals surface area contributed by atoms with Crippen LogP contribution in [-0.4, -0.2) is 34.5 Å². The first-order valence-corrected chi connectivity index (χ1v) is 7.79. The highest BCUT2D eigenvalue weighted by atomic mass is 35.5. The number of benzene rings is 1. The third-order valence-corrected chi connectivity index (χ3v) is 4.22. The number of sulfonamides is 1. The van der Waals surface area contributed by atoms with Gasteiger partial charge in [0, 0.05) is 25.0 Å². The van der Waals surface area contributed by atoms with Gasteiger partial charge in [0.2, 0.25) is 15.9 Å². The van der Waals surface area contributed by atoms with Crippen molar-refractivity contribution in [2.24, 2.45) is 0 Å². The minimum Gasteiger partial charge on any atom is -0.494 e. The second kappa shape index (κ2) is 7.12. The Balaban J connectivity index is 2.95. The Labute approximate surface area is 127 Å². The number of amides is 1. The summed E-state index contributed by atoms with van der Waals surface area (Å²) in [5, 5.41) is 2.75. The first-order chi connectivity index (χ1) is 9.27. The smallest absolute Gasteiger partial charge is 0.244 e. The maximum absolute atomic E-state index is 12.1. The van der Waals surface area contributed by atoms with Gasteiger partial charge in [-0.1, -0.05) is 23.2 Å². The molecule has 0 unspecified atom stereocenters. The number of methoxy groups -OCH3 is 1. The normalized spacial score (nSPS) is 11.2. The predicted molar refractivity (Wildman–Crippen MR) is 76.9 cm³/mol. The van der Waals surface area contributed by atoms with E-state index in [-0.39, 0.29) is 39.7 Å². The van der Waals surface area contributed by atoms with Gasteiger partial charge in [-0.25, -0.2) is 13.1 Å². The summed E-state index contributed by atoms with van der Waals surface area (Å²) >= 11 is 11.7. The molecule has 0 aliphatic rings. The van der Waals surface area contributed by atoms with Crippen LogP contribution in [0.3, 0.4) is 0 Å². The maximum Gasteiger partial charge on any atom is 0.244 e. The van der Waals surface area contributed by atoms with Crippen LogP contribution >= 0.6 is 23.2 Å². The van der Waals surface area contributed by atoms with Crippen LogP contribution in [0.1, 0.15) is 6.92 Å². The van der Waals surface area contributed by atoms with Crippen LogP contribution in [-0.2, 0) is 14.8 Å². The molecule has 1 aromatic rings. The molecular weight excluding hydrogens is 327 g/mol. The molecule has 112 valence electrons. The average Bonchev–Trinajstić information content (AvgIpc) is 2.33. The van der Waals surface area contributed by atoms with E-state index in [1.54, 1.807) is 0 Å². The molecule has 0 radical (unpaired) electrons. The molecule has 0 fully saturated rings.